The molecule has 1 aliphatic heterocycles. The molecule has 2 rings (SSSR count). The van der Waals surface area contributed by atoms with Crippen molar-refractivity contribution in [3.05, 3.63) is 12.1 Å². The monoisotopic (exact) mass is 321 g/mol. The van der Waals surface area contributed by atoms with Gasteiger partial charge in [-0.15, -0.1) is 0 Å². The van der Waals surface area contributed by atoms with Crippen LogP contribution in [0.4, 0.5) is 11.6 Å². The first-order valence-corrected chi connectivity index (χ1v) is 7.92. The first kappa shape index (κ1) is 17.1. The molecular formula is C16H23N3O4. The molecule has 0 aromatic carbocycles. The molecule has 2 heterocycles. The van der Waals surface area contributed by atoms with Gasteiger partial charge in [0.1, 0.15) is 11.9 Å². The number of hydrogen-bond acceptors (Lipinski definition) is 6. The summed E-state index contributed by atoms with van der Waals surface area (Å²) >= 11 is 0. The van der Waals surface area contributed by atoms with E-state index < -0.39 is 18.1 Å². The zero-order valence-electron chi connectivity index (χ0n) is 13.7. The minimum Gasteiger partial charge on any atom is -0.477 e. The van der Waals surface area contributed by atoms with Gasteiger partial charge in [0.25, 0.3) is 5.91 Å². The number of amides is 1. The van der Waals surface area contributed by atoms with Crippen molar-refractivity contribution in [2.75, 3.05) is 17.2 Å². The smallest absolute Gasteiger partial charge is 0.329 e. The molecule has 7 heteroatoms. The summed E-state index contributed by atoms with van der Waals surface area (Å²) < 4.78 is 10.9. The topological polar surface area (TPSA) is 94.8 Å². The van der Waals surface area contributed by atoms with Gasteiger partial charge in [-0.3, -0.25) is 9.69 Å². The predicted molar refractivity (Wildman–Crippen MR) is 86.2 cm³/mol. The zero-order chi connectivity index (χ0) is 17.0. The second-order valence-corrected chi connectivity index (χ2v) is 5.48. The number of nitrogens with zero attached hydrogens (tertiary/aromatic N) is 2. The molecule has 0 bridgehead atoms. The molecule has 23 heavy (non-hydrogen) atoms. The summed E-state index contributed by atoms with van der Waals surface area (Å²) in [6.07, 6.45) is 1.57. The number of fused-ring (bicyclic) bond motifs is 1. The fraction of sp³-hybridized carbons (Fsp3) is 0.562. The Hall–Kier alpha value is -2.31. The van der Waals surface area contributed by atoms with E-state index in [0.717, 1.165) is 12.8 Å². The maximum absolute atomic E-state index is 12.6. The average Bonchev–Trinajstić information content (AvgIpc) is 2.54. The first-order valence-electron chi connectivity index (χ1n) is 7.92. The van der Waals surface area contributed by atoms with Crippen LogP contribution in [-0.2, 0) is 14.3 Å². The van der Waals surface area contributed by atoms with Crippen molar-refractivity contribution in [1.29, 1.82) is 0 Å². The van der Waals surface area contributed by atoms with Crippen molar-refractivity contribution in [2.24, 2.45) is 0 Å². The second kappa shape index (κ2) is 7.30. The number of anilines is 2. The normalized spacial score (nSPS) is 18.1. The van der Waals surface area contributed by atoms with Crippen LogP contribution in [0, 0.1) is 0 Å². The maximum Gasteiger partial charge on any atom is 0.329 e. The Balaban J connectivity index is 2.29. The molecule has 0 saturated heterocycles. The van der Waals surface area contributed by atoms with Gasteiger partial charge in [-0.2, -0.15) is 0 Å². The van der Waals surface area contributed by atoms with Gasteiger partial charge in [-0.1, -0.05) is 20.3 Å². The molecule has 126 valence electrons. The fourth-order valence-corrected chi connectivity index (χ4v) is 2.35. The first-order chi connectivity index (χ1) is 11.0. The van der Waals surface area contributed by atoms with E-state index in [0.29, 0.717) is 18.8 Å². The van der Waals surface area contributed by atoms with E-state index in [4.69, 9.17) is 15.2 Å². The van der Waals surface area contributed by atoms with Gasteiger partial charge < -0.3 is 15.2 Å². The lowest BCUT2D eigenvalue weighted by molar-refractivity contribution is -0.146. The highest BCUT2D eigenvalue weighted by Crippen LogP contribution is 2.35. The van der Waals surface area contributed by atoms with Gasteiger partial charge in [-0.05, 0) is 31.9 Å². The quantitative estimate of drug-likeness (QED) is 0.635. The van der Waals surface area contributed by atoms with E-state index in [1.54, 1.807) is 19.1 Å². The van der Waals surface area contributed by atoms with E-state index in [1.807, 2.05) is 13.8 Å². The summed E-state index contributed by atoms with van der Waals surface area (Å²) in [4.78, 5) is 30.4. The van der Waals surface area contributed by atoms with Crippen molar-refractivity contribution >= 4 is 23.5 Å². The molecule has 0 saturated carbocycles. The number of nitrogens with two attached hydrogens (primary N) is 1. The molecule has 0 aliphatic carbocycles. The lowest BCUT2D eigenvalue weighted by Gasteiger charge is -2.35. The molecule has 2 unspecified atom stereocenters. The molecule has 0 radical (unpaired) electrons. The Morgan fingerprint density at radius 1 is 1.48 bits per heavy atom. The summed E-state index contributed by atoms with van der Waals surface area (Å²) in [5.74, 6) is 0.196. The number of ether oxygens (including phenoxy) is 2. The Bertz CT molecular complexity index is 591. The van der Waals surface area contributed by atoms with Gasteiger partial charge in [0.05, 0.1) is 6.61 Å². The predicted octanol–water partition coefficient (Wildman–Crippen LogP) is 1.90. The van der Waals surface area contributed by atoms with Crippen LogP contribution >= 0.6 is 0 Å². The standard InChI is InChI=1S/C16H23N3O4/c1-4-6-9-22-16(21)10(3)19-14-12(7-8-13(17)18-14)23-11(5-2)15(19)20/h7-8,10-11H,4-6,9H2,1-3H3,(H2,17,18). The minimum absolute atomic E-state index is 0.256. The Kier molecular flexibility index (Phi) is 5.41. The number of carbonyl (C=O) groups is 2. The number of esters is 1. The van der Waals surface area contributed by atoms with Crippen LogP contribution < -0.4 is 15.4 Å². The highest BCUT2D eigenvalue weighted by atomic mass is 16.5. The number of hydrogen-bond donors (Lipinski definition) is 1. The largest absolute Gasteiger partial charge is 0.477 e. The van der Waals surface area contributed by atoms with Crippen molar-refractivity contribution < 1.29 is 19.1 Å². The van der Waals surface area contributed by atoms with Crippen molar-refractivity contribution in [1.82, 2.24) is 4.98 Å². The lowest BCUT2D eigenvalue weighted by Crippen LogP contribution is -2.53. The molecule has 2 atom stereocenters. The molecule has 1 amide bonds. The van der Waals surface area contributed by atoms with Crippen molar-refractivity contribution in [2.45, 2.75) is 52.2 Å². The number of carbonyl (C=O) groups excluding carboxylic acids is 2. The number of unbranched alkanes of at least 4 members (excludes halogenated alkanes) is 1. The molecule has 0 spiro atoms. The Morgan fingerprint density at radius 3 is 2.87 bits per heavy atom. The van der Waals surface area contributed by atoms with Crippen LogP contribution in [0.25, 0.3) is 0 Å². The number of nitrogen functional groups attached to an aromatic ring is 1. The lowest BCUT2D eigenvalue weighted by atomic mass is 10.1. The summed E-state index contributed by atoms with van der Waals surface area (Å²) in [7, 11) is 0. The van der Waals surface area contributed by atoms with E-state index in [9.17, 15) is 9.59 Å². The van der Waals surface area contributed by atoms with Crippen LogP contribution in [0.2, 0.25) is 0 Å². The SMILES string of the molecule is CCCCOC(=O)C(C)N1C(=O)C(CC)Oc2ccc(N)nc21. The number of rotatable bonds is 6. The zero-order valence-corrected chi connectivity index (χ0v) is 13.7. The average molecular weight is 321 g/mol. The molecule has 0 fully saturated rings. The van der Waals surface area contributed by atoms with Crippen molar-refractivity contribution in [3.8, 4) is 5.75 Å². The number of pyridine rings is 1. The van der Waals surface area contributed by atoms with E-state index in [1.165, 1.54) is 4.90 Å². The highest BCUT2D eigenvalue weighted by Gasteiger charge is 2.40. The molecule has 1 aromatic heterocycles. The van der Waals surface area contributed by atoms with Gasteiger partial charge >= 0.3 is 5.97 Å². The van der Waals surface area contributed by atoms with E-state index in [-0.39, 0.29) is 17.5 Å². The summed E-state index contributed by atoms with van der Waals surface area (Å²) in [6.45, 7) is 5.82. The minimum atomic E-state index is -0.787. The summed E-state index contributed by atoms with van der Waals surface area (Å²) in [5, 5.41) is 0. The third kappa shape index (κ3) is 3.55. The molecule has 2 N–H and O–H groups in total. The van der Waals surface area contributed by atoms with Gasteiger partial charge in [0, 0.05) is 0 Å². The summed E-state index contributed by atoms with van der Waals surface area (Å²) in [6, 6.07) is 2.48. The Labute approximate surface area is 135 Å². The van der Waals surface area contributed by atoms with Gasteiger partial charge in [0.15, 0.2) is 17.7 Å². The van der Waals surface area contributed by atoms with Crippen LogP contribution in [0.3, 0.4) is 0 Å². The van der Waals surface area contributed by atoms with Crippen LogP contribution in [-0.4, -0.2) is 35.6 Å². The van der Waals surface area contributed by atoms with E-state index >= 15 is 0 Å². The maximum atomic E-state index is 12.6. The van der Waals surface area contributed by atoms with E-state index in [2.05, 4.69) is 4.98 Å². The number of aromatic nitrogens is 1. The van der Waals surface area contributed by atoms with Crippen LogP contribution in [0.15, 0.2) is 12.1 Å². The summed E-state index contributed by atoms with van der Waals surface area (Å²) in [5.41, 5.74) is 5.71. The van der Waals surface area contributed by atoms with Gasteiger partial charge in [0.2, 0.25) is 0 Å². The third-order valence-corrected chi connectivity index (χ3v) is 3.71. The molecule has 1 aliphatic rings. The highest BCUT2D eigenvalue weighted by molar-refractivity contribution is 6.03. The third-order valence-electron chi connectivity index (χ3n) is 3.71. The van der Waals surface area contributed by atoms with Crippen molar-refractivity contribution in [3.63, 3.8) is 0 Å². The van der Waals surface area contributed by atoms with Crippen LogP contribution in [0.5, 0.6) is 5.75 Å². The van der Waals surface area contributed by atoms with Crippen LogP contribution in [0.1, 0.15) is 40.0 Å². The Morgan fingerprint density at radius 2 is 2.22 bits per heavy atom. The molecular weight excluding hydrogens is 298 g/mol. The molecule has 7 nitrogen and oxygen atoms in total. The molecule has 1 aromatic rings. The fourth-order valence-electron chi connectivity index (χ4n) is 2.35. The van der Waals surface area contributed by atoms with Gasteiger partial charge in [-0.25, -0.2) is 9.78 Å². The second-order valence-electron chi connectivity index (χ2n) is 5.48.